The Kier molecular flexibility index (Phi) is 4.84. The molecule has 0 saturated heterocycles. The Morgan fingerprint density at radius 3 is 2.76 bits per heavy atom. The van der Waals surface area contributed by atoms with Crippen molar-refractivity contribution in [1.29, 1.82) is 0 Å². The first-order chi connectivity index (χ1) is 8.10. The van der Waals surface area contributed by atoms with E-state index in [9.17, 15) is 4.79 Å². The number of nitrogens with one attached hydrogen (secondary N) is 1. The molecule has 1 amide bonds. The Morgan fingerprint density at radius 1 is 1.47 bits per heavy atom. The third-order valence-corrected chi connectivity index (χ3v) is 2.84. The maximum atomic E-state index is 11.9. The summed E-state index contributed by atoms with van der Waals surface area (Å²) in [6.45, 7) is 5.62. The van der Waals surface area contributed by atoms with Gasteiger partial charge in [0.1, 0.15) is 0 Å². The third kappa shape index (κ3) is 3.39. The van der Waals surface area contributed by atoms with E-state index in [1.165, 1.54) is 6.20 Å². The van der Waals surface area contributed by atoms with Gasteiger partial charge < -0.3 is 10.4 Å². The van der Waals surface area contributed by atoms with Crippen LogP contribution in [0.4, 0.5) is 5.69 Å². The molecule has 0 radical (unpaired) electrons. The largest absolute Gasteiger partial charge is 0.392 e. The average molecular weight is 234 g/mol. The zero-order valence-electron chi connectivity index (χ0n) is 10.4. The number of aromatic nitrogens is 1. The number of hydrogen-bond donors (Lipinski definition) is 2. The fourth-order valence-corrected chi connectivity index (χ4v) is 1.35. The lowest BCUT2D eigenvalue weighted by atomic mass is 10.1. The number of nitrogens with zero attached hydrogens (tertiary/aromatic N) is 1. The molecule has 0 unspecified atom stereocenters. The van der Waals surface area contributed by atoms with E-state index in [4.69, 9.17) is 5.11 Å². The van der Waals surface area contributed by atoms with Crippen molar-refractivity contribution in [3.63, 3.8) is 0 Å². The average Bonchev–Trinajstić information content (AvgIpc) is 2.37. The van der Waals surface area contributed by atoms with Crippen LogP contribution in [0.25, 0.3) is 0 Å². The van der Waals surface area contributed by atoms with Crippen LogP contribution in [0, 0.1) is 0 Å². The van der Waals surface area contributed by atoms with Crippen LogP contribution in [0.15, 0.2) is 29.6 Å². The summed E-state index contributed by atoms with van der Waals surface area (Å²) in [7, 11) is 0. The van der Waals surface area contributed by atoms with Crippen LogP contribution >= 0.6 is 0 Å². The van der Waals surface area contributed by atoms with Gasteiger partial charge in [0, 0.05) is 17.3 Å². The lowest BCUT2D eigenvalue weighted by Crippen LogP contribution is -2.15. The molecular formula is C13H18N2O2. The highest BCUT2D eigenvalue weighted by atomic mass is 16.3. The highest BCUT2D eigenvalue weighted by Crippen LogP contribution is 2.15. The van der Waals surface area contributed by atoms with Crippen molar-refractivity contribution in [2.75, 3.05) is 5.32 Å². The van der Waals surface area contributed by atoms with Crippen LogP contribution in [-0.2, 0) is 11.4 Å². The molecule has 2 N–H and O–H groups in total. The molecule has 1 heterocycles. The number of allylic oxidation sites excluding steroid dienone is 1. The second-order valence-corrected chi connectivity index (χ2v) is 3.90. The summed E-state index contributed by atoms with van der Waals surface area (Å²) in [5.74, 6) is -0.146. The number of aliphatic hydroxyl groups is 1. The number of carbonyl (C=O) groups excluding carboxylic acids is 1. The lowest BCUT2D eigenvalue weighted by molar-refractivity contribution is -0.112. The van der Waals surface area contributed by atoms with E-state index in [1.807, 2.05) is 13.8 Å². The predicted octanol–water partition coefficient (Wildman–Crippen LogP) is 2.26. The number of hydrogen-bond acceptors (Lipinski definition) is 3. The van der Waals surface area contributed by atoms with Crippen LogP contribution < -0.4 is 5.32 Å². The van der Waals surface area contributed by atoms with Crippen molar-refractivity contribution in [3.8, 4) is 0 Å². The summed E-state index contributed by atoms with van der Waals surface area (Å²) in [4.78, 5) is 15.8. The Hall–Kier alpha value is -1.68. The molecule has 0 aromatic carbocycles. The molecule has 1 aromatic heterocycles. The predicted molar refractivity (Wildman–Crippen MR) is 67.5 cm³/mol. The van der Waals surface area contributed by atoms with Gasteiger partial charge >= 0.3 is 0 Å². The first-order valence-electron chi connectivity index (χ1n) is 5.61. The van der Waals surface area contributed by atoms with Crippen molar-refractivity contribution < 1.29 is 9.90 Å². The molecule has 17 heavy (non-hydrogen) atoms. The van der Waals surface area contributed by atoms with Gasteiger partial charge in [0.2, 0.25) is 0 Å². The van der Waals surface area contributed by atoms with E-state index in [-0.39, 0.29) is 12.5 Å². The van der Waals surface area contributed by atoms with Crippen LogP contribution in [0.3, 0.4) is 0 Å². The first-order valence-corrected chi connectivity index (χ1v) is 5.61. The SMILES string of the molecule is CC/C(C)=C(/C)C(=O)Nc1cnccc1CO. The number of anilines is 1. The van der Waals surface area contributed by atoms with Gasteiger partial charge in [0.15, 0.2) is 0 Å². The maximum absolute atomic E-state index is 11.9. The van der Waals surface area contributed by atoms with Crippen LogP contribution in [0.2, 0.25) is 0 Å². The van der Waals surface area contributed by atoms with Crippen molar-refractivity contribution >= 4 is 11.6 Å². The first kappa shape index (κ1) is 13.4. The molecule has 0 saturated carbocycles. The summed E-state index contributed by atoms with van der Waals surface area (Å²) < 4.78 is 0. The fraction of sp³-hybridized carbons (Fsp3) is 0.385. The van der Waals surface area contributed by atoms with Gasteiger partial charge in [-0.15, -0.1) is 0 Å². The number of rotatable bonds is 4. The van der Waals surface area contributed by atoms with Gasteiger partial charge in [-0.25, -0.2) is 0 Å². The zero-order valence-corrected chi connectivity index (χ0v) is 10.4. The van der Waals surface area contributed by atoms with Crippen LogP contribution in [0.1, 0.15) is 32.8 Å². The van der Waals surface area contributed by atoms with Crippen LogP contribution in [0.5, 0.6) is 0 Å². The third-order valence-electron chi connectivity index (χ3n) is 2.84. The number of carbonyl (C=O) groups is 1. The van der Waals surface area contributed by atoms with E-state index in [2.05, 4.69) is 10.3 Å². The van der Waals surface area contributed by atoms with Gasteiger partial charge in [0.05, 0.1) is 18.5 Å². The molecule has 4 heteroatoms. The van der Waals surface area contributed by atoms with Gasteiger partial charge in [-0.2, -0.15) is 0 Å². The van der Waals surface area contributed by atoms with Gasteiger partial charge in [-0.1, -0.05) is 12.5 Å². The fourth-order valence-electron chi connectivity index (χ4n) is 1.35. The van der Waals surface area contributed by atoms with E-state index in [0.717, 1.165) is 12.0 Å². The van der Waals surface area contributed by atoms with Crippen molar-refractivity contribution in [3.05, 3.63) is 35.2 Å². The topological polar surface area (TPSA) is 62.2 Å². The Labute approximate surface area is 101 Å². The van der Waals surface area contributed by atoms with Gasteiger partial charge in [-0.3, -0.25) is 9.78 Å². The summed E-state index contributed by atoms with van der Waals surface area (Å²) in [5.41, 5.74) is 2.98. The number of pyridine rings is 1. The smallest absolute Gasteiger partial charge is 0.251 e. The van der Waals surface area contributed by atoms with Crippen molar-refractivity contribution in [1.82, 2.24) is 4.98 Å². The molecule has 0 atom stereocenters. The zero-order chi connectivity index (χ0) is 12.8. The van der Waals surface area contributed by atoms with Gasteiger partial charge in [0.25, 0.3) is 5.91 Å². The summed E-state index contributed by atoms with van der Waals surface area (Å²) >= 11 is 0. The normalized spacial score (nSPS) is 12.0. The number of amides is 1. The van der Waals surface area contributed by atoms with E-state index in [0.29, 0.717) is 16.8 Å². The second-order valence-electron chi connectivity index (χ2n) is 3.90. The molecule has 92 valence electrons. The van der Waals surface area contributed by atoms with Crippen molar-refractivity contribution in [2.24, 2.45) is 0 Å². The Balaban J connectivity index is 2.89. The maximum Gasteiger partial charge on any atom is 0.251 e. The van der Waals surface area contributed by atoms with Crippen molar-refractivity contribution in [2.45, 2.75) is 33.8 Å². The molecule has 4 nitrogen and oxygen atoms in total. The summed E-state index contributed by atoms with van der Waals surface area (Å²) in [5, 5.41) is 11.9. The van der Waals surface area contributed by atoms with E-state index < -0.39 is 0 Å². The standard InChI is InChI=1S/C13H18N2O2/c1-4-9(2)10(3)13(17)15-12-7-14-6-5-11(12)8-16/h5-7,16H,4,8H2,1-3H3,(H,15,17)/b10-9-. The quantitative estimate of drug-likeness (QED) is 0.785. The van der Waals surface area contributed by atoms with Gasteiger partial charge in [-0.05, 0) is 26.3 Å². The molecule has 0 aliphatic carbocycles. The minimum absolute atomic E-state index is 0.117. The molecule has 0 aliphatic rings. The second kappa shape index (κ2) is 6.15. The number of aliphatic hydroxyl groups excluding tert-OH is 1. The lowest BCUT2D eigenvalue weighted by Gasteiger charge is -2.10. The van der Waals surface area contributed by atoms with E-state index in [1.54, 1.807) is 19.2 Å². The molecule has 0 bridgehead atoms. The molecule has 1 aromatic rings. The summed E-state index contributed by atoms with van der Waals surface area (Å²) in [6, 6.07) is 1.68. The molecule has 0 fully saturated rings. The monoisotopic (exact) mass is 234 g/mol. The molecule has 0 spiro atoms. The Bertz CT molecular complexity index is 439. The minimum atomic E-state index is -0.146. The molecule has 0 aliphatic heterocycles. The van der Waals surface area contributed by atoms with E-state index >= 15 is 0 Å². The highest BCUT2D eigenvalue weighted by molar-refractivity contribution is 6.04. The summed E-state index contributed by atoms with van der Waals surface area (Å²) in [6.07, 6.45) is 3.97. The minimum Gasteiger partial charge on any atom is -0.392 e. The molecule has 1 rings (SSSR count). The molecular weight excluding hydrogens is 216 g/mol. The van der Waals surface area contributed by atoms with Crippen LogP contribution in [-0.4, -0.2) is 16.0 Å². The highest BCUT2D eigenvalue weighted by Gasteiger charge is 2.09. The Morgan fingerprint density at radius 2 is 2.18 bits per heavy atom.